The van der Waals surface area contributed by atoms with Gasteiger partial charge < -0.3 is 5.32 Å². The van der Waals surface area contributed by atoms with Crippen LogP contribution in [0.25, 0.3) is 0 Å². The van der Waals surface area contributed by atoms with Crippen LogP contribution in [0.1, 0.15) is 19.8 Å². The molecule has 1 heterocycles. The Bertz CT molecular complexity index is 303. The molecular weight excluding hydrogens is 236 g/mol. The molecule has 90 valence electrons. The maximum Gasteiger partial charge on any atom is 0.214 e. The smallest absolute Gasteiger partial charge is 0.214 e. The molecule has 1 aliphatic heterocycles. The largest absolute Gasteiger partial charge is 0.314 e. The molecular formula is C9H19ClN2O2S. The Balaban J connectivity index is 0.00000112. The molecule has 1 saturated heterocycles. The van der Waals surface area contributed by atoms with Gasteiger partial charge in [-0.3, -0.25) is 0 Å². The van der Waals surface area contributed by atoms with Crippen molar-refractivity contribution in [3.63, 3.8) is 0 Å². The highest BCUT2D eigenvalue weighted by atomic mass is 35.5. The monoisotopic (exact) mass is 254 g/mol. The van der Waals surface area contributed by atoms with E-state index >= 15 is 0 Å². The standard InChI is InChI=1S/C9H18N2O2S.ClH/c1-8-6-10-4-5-11(8)14(12,13)7-9-2-3-9;/h8-10H,2-7H2,1H3;1H/t8-;/m0./s1. The van der Waals surface area contributed by atoms with Gasteiger partial charge in [0.2, 0.25) is 10.0 Å². The first-order valence-corrected chi connectivity index (χ1v) is 6.91. The second-order valence-corrected chi connectivity index (χ2v) is 6.35. The van der Waals surface area contributed by atoms with Crippen LogP contribution in [0.15, 0.2) is 0 Å². The molecule has 2 aliphatic rings. The third-order valence-corrected chi connectivity index (χ3v) is 5.09. The molecule has 0 aromatic carbocycles. The van der Waals surface area contributed by atoms with Gasteiger partial charge in [0, 0.05) is 25.7 Å². The first-order chi connectivity index (χ1) is 6.59. The van der Waals surface area contributed by atoms with Gasteiger partial charge in [0.15, 0.2) is 0 Å². The summed E-state index contributed by atoms with van der Waals surface area (Å²) in [5.74, 6) is 0.819. The summed E-state index contributed by atoms with van der Waals surface area (Å²) < 4.78 is 25.6. The molecule has 1 saturated carbocycles. The van der Waals surface area contributed by atoms with Crippen molar-refractivity contribution in [1.82, 2.24) is 9.62 Å². The molecule has 2 rings (SSSR count). The molecule has 0 bridgehead atoms. The summed E-state index contributed by atoms with van der Waals surface area (Å²) >= 11 is 0. The lowest BCUT2D eigenvalue weighted by Crippen LogP contribution is -2.52. The Morgan fingerprint density at radius 3 is 2.60 bits per heavy atom. The van der Waals surface area contributed by atoms with E-state index in [0.29, 0.717) is 18.2 Å². The SMILES string of the molecule is C[C@H]1CNCCN1S(=O)(=O)CC1CC1.Cl. The first-order valence-electron chi connectivity index (χ1n) is 5.30. The Hall–Kier alpha value is 0.160. The fraction of sp³-hybridized carbons (Fsp3) is 1.00. The number of piperazine rings is 1. The minimum atomic E-state index is -2.98. The van der Waals surface area contributed by atoms with Crippen molar-refractivity contribution in [2.75, 3.05) is 25.4 Å². The number of nitrogens with zero attached hydrogens (tertiary/aromatic N) is 1. The van der Waals surface area contributed by atoms with Gasteiger partial charge in [0.25, 0.3) is 0 Å². The van der Waals surface area contributed by atoms with E-state index in [1.165, 1.54) is 0 Å². The van der Waals surface area contributed by atoms with Crippen LogP contribution >= 0.6 is 12.4 Å². The predicted octanol–water partition coefficient (Wildman–Crippen LogP) is 0.442. The van der Waals surface area contributed by atoms with E-state index in [1.54, 1.807) is 4.31 Å². The van der Waals surface area contributed by atoms with Gasteiger partial charge in [-0.1, -0.05) is 0 Å². The van der Waals surface area contributed by atoms with Crippen LogP contribution in [0.5, 0.6) is 0 Å². The average Bonchev–Trinajstić information content (AvgIpc) is 2.88. The topological polar surface area (TPSA) is 49.4 Å². The number of hydrogen-bond acceptors (Lipinski definition) is 3. The third kappa shape index (κ3) is 3.31. The molecule has 1 atom stereocenters. The molecule has 6 heteroatoms. The molecule has 0 unspecified atom stereocenters. The van der Waals surface area contributed by atoms with Gasteiger partial charge in [-0.15, -0.1) is 12.4 Å². The fourth-order valence-electron chi connectivity index (χ4n) is 1.91. The van der Waals surface area contributed by atoms with Gasteiger partial charge in [-0.25, -0.2) is 8.42 Å². The van der Waals surface area contributed by atoms with E-state index in [4.69, 9.17) is 0 Å². The average molecular weight is 255 g/mol. The summed E-state index contributed by atoms with van der Waals surface area (Å²) in [6.07, 6.45) is 2.19. The summed E-state index contributed by atoms with van der Waals surface area (Å²) in [7, 11) is -2.98. The molecule has 2 fully saturated rings. The molecule has 0 spiro atoms. The van der Waals surface area contributed by atoms with Crippen LogP contribution in [0.3, 0.4) is 0 Å². The maximum absolute atomic E-state index is 11.9. The molecule has 15 heavy (non-hydrogen) atoms. The molecule has 0 aromatic rings. The van der Waals surface area contributed by atoms with Crippen LogP contribution in [0.4, 0.5) is 0 Å². The van der Waals surface area contributed by atoms with Crippen LogP contribution in [-0.2, 0) is 10.0 Å². The van der Waals surface area contributed by atoms with Crippen molar-refractivity contribution in [1.29, 1.82) is 0 Å². The molecule has 0 radical (unpaired) electrons. The van der Waals surface area contributed by atoms with E-state index < -0.39 is 10.0 Å². The number of nitrogens with one attached hydrogen (secondary N) is 1. The van der Waals surface area contributed by atoms with E-state index in [1.807, 2.05) is 6.92 Å². The van der Waals surface area contributed by atoms with E-state index in [9.17, 15) is 8.42 Å². The van der Waals surface area contributed by atoms with Crippen molar-refractivity contribution in [2.45, 2.75) is 25.8 Å². The van der Waals surface area contributed by atoms with Crippen LogP contribution in [-0.4, -0.2) is 44.2 Å². The summed E-state index contributed by atoms with van der Waals surface area (Å²) in [5, 5.41) is 3.20. The highest BCUT2D eigenvalue weighted by molar-refractivity contribution is 7.89. The summed E-state index contributed by atoms with van der Waals surface area (Å²) in [5.41, 5.74) is 0. The first kappa shape index (κ1) is 13.2. The second-order valence-electron chi connectivity index (χ2n) is 4.39. The quantitative estimate of drug-likeness (QED) is 0.795. The summed E-state index contributed by atoms with van der Waals surface area (Å²) in [6, 6.07) is 0.118. The fourth-order valence-corrected chi connectivity index (χ4v) is 4.03. The Morgan fingerprint density at radius 1 is 1.40 bits per heavy atom. The molecule has 1 aliphatic carbocycles. The zero-order chi connectivity index (χ0) is 10.2. The van der Waals surface area contributed by atoms with Crippen LogP contribution in [0.2, 0.25) is 0 Å². The normalized spacial score (nSPS) is 28.5. The van der Waals surface area contributed by atoms with Crippen molar-refractivity contribution in [3.8, 4) is 0 Å². The number of rotatable bonds is 3. The zero-order valence-electron chi connectivity index (χ0n) is 8.98. The second kappa shape index (κ2) is 4.99. The van der Waals surface area contributed by atoms with Gasteiger partial charge in [0.05, 0.1) is 5.75 Å². The lowest BCUT2D eigenvalue weighted by molar-refractivity contribution is 0.283. The van der Waals surface area contributed by atoms with Crippen LogP contribution < -0.4 is 5.32 Å². The summed E-state index contributed by atoms with van der Waals surface area (Å²) in [4.78, 5) is 0. The Morgan fingerprint density at radius 2 is 2.07 bits per heavy atom. The van der Waals surface area contributed by atoms with Gasteiger partial charge in [0.1, 0.15) is 0 Å². The lowest BCUT2D eigenvalue weighted by atomic mass is 10.3. The number of hydrogen-bond donors (Lipinski definition) is 1. The van der Waals surface area contributed by atoms with E-state index in [2.05, 4.69) is 5.32 Å². The van der Waals surface area contributed by atoms with Gasteiger partial charge in [-0.05, 0) is 25.7 Å². The van der Waals surface area contributed by atoms with Crippen molar-refractivity contribution in [2.24, 2.45) is 5.92 Å². The van der Waals surface area contributed by atoms with Gasteiger partial charge >= 0.3 is 0 Å². The molecule has 0 amide bonds. The van der Waals surface area contributed by atoms with Crippen LogP contribution in [0, 0.1) is 5.92 Å². The van der Waals surface area contributed by atoms with Crippen molar-refractivity contribution < 1.29 is 8.42 Å². The summed E-state index contributed by atoms with van der Waals surface area (Å²) in [6.45, 7) is 4.17. The van der Waals surface area contributed by atoms with E-state index in [-0.39, 0.29) is 18.4 Å². The number of sulfonamides is 1. The Kier molecular flexibility index (Phi) is 4.40. The minimum Gasteiger partial charge on any atom is -0.314 e. The molecule has 1 N–H and O–H groups in total. The van der Waals surface area contributed by atoms with Crippen molar-refractivity contribution in [3.05, 3.63) is 0 Å². The van der Waals surface area contributed by atoms with Crippen molar-refractivity contribution >= 4 is 22.4 Å². The van der Waals surface area contributed by atoms with Gasteiger partial charge in [-0.2, -0.15) is 4.31 Å². The highest BCUT2D eigenvalue weighted by Gasteiger charge is 2.34. The Labute approximate surface area is 97.9 Å². The highest BCUT2D eigenvalue weighted by Crippen LogP contribution is 2.31. The van der Waals surface area contributed by atoms with E-state index in [0.717, 1.165) is 25.9 Å². The predicted molar refractivity (Wildman–Crippen MR) is 62.8 cm³/mol. The lowest BCUT2D eigenvalue weighted by Gasteiger charge is -2.32. The minimum absolute atomic E-state index is 0. The zero-order valence-corrected chi connectivity index (χ0v) is 10.6. The maximum atomic E-state index is 11.9. The molecule has 0 aromatic heterocycles. The number of halogens is 1. The molecule has 4 nitrogen and oxygen atoms in total. The third-order valence-electron chi connectivity index (χ3n) is 2.94.